The molecule has 0 aliphatic rings. The van der Waals surface area contributed by atoms with Gasteiger partial charge in [0, 0.05) is 13.0 Å². The van der Waals surface area contributed by atoms with Crippen molar-refractivity contribution in [2.24, 2.45) is 0 Å². The van der Waals surface area contributed by atoms with Gasteiger partial charge in [-0.1, -0.05) is 24.8 Å². The Balaban J connectivity index is 1.76. The standard InChI is InChI=1S/C19H28N4O3S/c1-4-7-17-21-19(23-22-17)27-13-18(24)20-11-10-14-8-9-15(25-5-2)16(12-14)26-6-3/h8-9,12H,4-7,10-11,13H2,1-3H3,(H,20,24)(H,21,22,23). The fourth-order valence-electron chi connectivity index (χ4n) is 2.47. The minimum absolute atomic E-state index is 0.0298. The number of carbonyl (C=O) groups is 1. The molecule has 2 rings (SSSR count). The SMILES string of the molecule is CCCc1nc(SCC(=O)NCCc2ccc(OCC)c(OCC)c2)n[nH]1. The van der Waals surface area contributed by atoms with Gasteiger partial charge in [0.2, 0.25) is 11.1 Å². The summed E-state index contributed by atoms with van der Waals surface area (Å²) in [5.41, 5.74) is 1.09. The first-order valence-corrected chi connectivity index (χ1v) is 10.3. The number of ether oxygens (including phenoxy) is 2. The maximum atomic E-state index is 12.0. The molecule has 0 spiro atoms. The molecule has 2 N–H and O–H groups in total. The lowest BCUT2D eigenvalue weighted by Gasteiger charge is -2.12. The van der Waals surface area contributed by atoms with E-state index in [4.69, 9.17) is 9.47 Å². The minimum atomic E-state index is -0.0298. The van der Waals surface area contributed by atoms with Crippen molar-refractivity contribution < 1.29 is 14.3 Å². The molecule has 2 aromatic rings. The van der Waals surface area contributed by atoms with Gasteiger partial charge in [-0.2, -0.15) is 0 Å². The third-order valence-electron chi connectivity index (χ3n) is 3.67. The summed E-state index contributed by atoms with van der Waals surface area (Å²) < 4.78 is 11.2. The third kappa shape index (κ3) is 7.13. The number of nitrogens with one attached hydrogen (secondary N) is 2. The maximum Gasteiger partial charge on any atom is 0.230 e. The largest absolute Gasteiger partial charge is 0.490 e. The lowest BCUT2D eigenvalue weighted by molar-refractivity contribution is -0.118. The number of nitrogens with zero attached hydrogens (tertiary/aromatic N) is 2. The second-order valence-electron chi connectivity index (χ2n) is 5.85. The molecular formula is C19H28N4O3S. The highest BCUT2D eigenvalue weighted by atomic mass is 32.2. The molecule has 0 saturated heterocycles. The van der Waals surface area contributed by atoms with Gasteiger partial charge in [-0.3, -0.25) is 9.89 Å². The number of aryl methyl sites for hydroxylation is 1. The second kappa shape index (κ2) is 11.5. The van der Waals surface area contributed by atoms with Gasteiger partial charge in [0.1, 0.15) is 5.82 Å². The van der Waals surface area contributed by atoms with Gasteiger partial charge in [0.15, 0.2) is 11.5 Å². The smallest absolute Gasteiger partial charge is 0.230 e. The zero-order chi connectivity index (χ0) is 19.5. The first kappa shape index (κ1) is 21.1. The number of hydrogen-bond donors (Lipinski definition) is 2. The van der Waals surface area contributed by atoms with Crippen LogP contribution < -0.4 is 14.8 Å². The molecule has 1 heterocycles. The third-order valence-corrected chi connectivity index (χ3v) is 4.52. The van der Waals surface area contributed by atoms with Crippen LogP contribution in [0.4, 0.5) is 0 Å². The Hall–Kier alpha value is -2.22. The van der Waals surface area contributed by atoms with Crippen molar-refractivity contribution in [1.82, 2.24) is 20.5 Å². The topological polar surface area (TPSA) is 89.1 Å². The van der Waals surface area contributed by atoms with E-state index in [2.05, 4.69) is 27.4 Å². The summed E-state index contributed by atoms with van der Waals surface area (Å²) in [5, 5.41) is 10.5. The Morgan fingerprint density at radius 2 is 1.93 bits per heavy atom. The Morgan fingerprint density at radius 1 is 1.15 bits per heavy atom. The zero-order valence-corrected chi connectivity index (χ0v) is 17.0. The molecule has 0 aliphatic heterocycles. The molecule has 27 heavy (non-hydrogen) atoms. The van der Waals surface area contributed by atoms with E-state index in [0.717, 1.165) is 42.1 Å². The van der Waals surface area contributed by atoms with Crippen molar-refractivity contribution in [2.45, 2.75) is 45.2 Å². The Morgan fingerprint density at radius 3 is 2.67 bits per heavy atom. The molecule has 148 valence electrons. The molecular weight excluding hydrogens is 364 g/mol. The van der Waals surface area contributed by atoms with Crippen molar-refractivity contribution in [2.75, 3.05) is 25.5 Å². The number of thioether (sulfide) groups is 1. The average Bonchev–Trinajstić information content (AvgIpc) is 3.10. The fourth-order valence-corrected chi connectivity index (χ4v) is 3.12. The van der Waals surface area contributed by atoms with Crippen LogP contribution in [-0.4, -0.2) is 46.6 Å². The number of hydrogen-bond acceptors (Lipinski definition) is 6. The quantitative estimate of drug-likeness (QED) is 0.540. The summed E-state index contributed by atoms with van der Waals surface area (Å²) in [6.45, 7) is 7.72. The zero-order valence-electron chi connectivity index (χ0n) is 16.2. The van der Waals surface area contributed by atoms with E-state index in [1.54, 1.807) is 0 Å². The molecule has 8 heteroatoms. The lowest BCUT2D eigenvalue weighted by Crippen LogP contribution is -2.27. The van der Waals surface area contributed by atoms with E-state index < -0.39 is 0 Å². The van der Waals surface area contributed by atoms with E-state index in [9.17, 15) is 4.79 Å². The summed E-state index contributed by atoms with van der Waals surface area (Å²) in [5.74, 6) is 2.62. The van der Waals surface area contributed by atoms with Gasteiger partial charge in [0.25, 0.3) is 0 Å². The van der Waals surface area contributed by atoms with Crippen molar-refractivity contribution in [3.05, 3.63) is 29.6 Å². The van der Waals surface area contributed by atoms with Crippen LogP contribution in [0.2, 0.25) is 0 Å². The first-order chi connectivity index (χ1) is 13.2. The molecule has 0 aliphatic carbocycles. The highest BCUT2D eigenvalue weighted by Gasteiger charge is 2.09. The molecule has 0 saturated carbocycles. The normalized spacial score (nSPS) is 10.6. The van der Waals surface area contributed by atoms with Gasteiger partial charge in [-0.25, -0.2) is 4.98 Å². The monoisotopic (exact) mass is 392 g/mol. The number of amides is 1. The number of rotatable bonds is 12. The van der Waals surface area contributed by atoms with Crippen molar-refractivity contribution in [3.63, 3.8) is 0 Å². The average molecular weight is 393 g/mol. The number of aromatic nitrogens is 3. The van der Waals surface area contributed by atoms with Crippen LogP contribution >= 0.6 is 11.8 Å². The molecule has 0 atom stereocenters. The Labute approximate surface area is 164 Å². The van der Waals surface area contributed by atoms with Crippen LogP contribution in [0, 0.1) is 0 Å². The number of carbonyl (C=O) groups excluding carboxylic acids is 1. The molecule has 0 bridgehead atoms. The molecule has 0 fully saturated rings. The number of aromatic amines is 1. The second-order valence-corrected chi connectivity index (χ2v) is 6.79. The van der Waals surface area contributed by atoms with Crippen LogP contribution in [0.25, 0.3) is 0 Å². The Bertz CT molecular complexity index is 721. The summed E-state index contributed by atoms with van der Waals surface area (Å²) in [6, 6.07) is 5.88. The van der Waals surface area contributed by atoms with E-state index in [1.165, 1.54) is 11.8 Å². The molecule has 0 radical (unpaired) electrons. The number of H-pyrrole nitrogens is 1. The van der Waals surface area contributed by atoms with Gasteiger partial charge >= 0.3 is 0 Å². The molecule has 7 nitrogen and oxygen atoms in total. The van der Waals surface area contributed by atoms with E-state index >= 15 is 0 Å². The molecule has 0 unspecified atom stereocenters. The van der Waals surface area contributed by atoms with Crippen LogP contribution in [0.3, 0.4) is 0 Å². The first-order valence-electron chi connectivity index (χ1n) is 9.35. The summed E-state index contributed by atoms with van der Waals surface area (Å²) in [7, 11) is 0. The van der Waals surface area contributed by atoms with E-state index in [1.807, 2.05) is 32.0 Å². The Kier molecular flexibility index (Phi) is 8.97. The van der Waals surface area contributed by atoms with Crippen LogP contribution in [-0.2, 0) is 17.6 Å². The summed E-state index contributed by atoms with van der Waals surface area (Å²) >= 11 is 1.34. The van der Waals surface area contributed by atoms with E-state index in [0.29, 0.717) is 30.7 Å². The lowest BCUT2D eigenvalue weighted by atomic mass is 10.1. The fraction of sp³-hybridized carbons (Fsp3) is 0.526. The molecule has 1 amide bonds. The van der Waals surface area contributed by atoms with Gasteiger partial charge in [-0.05, 0) is 44.4 Å². The minimum Gasteiger partial charge on any atom is -0.490 e. The molecule has 1 aromatic heterocycles. The predicted molar refractivity (Wildman–Crippen MR) is 107 cm³/mol. The highest BCUT2D eigenvalue weighted by molar-refractivity contribution is 7.99. The van der Waals surface area contributed by atoms with Gasteiger partial charge < -0.3 is 14.8 Å². The van der Waals surface area contributed by atoms with Gasteiger partial charge in [0.05, 0.1) is 19.0 Å². The van der Waals surface area contributed by atoms with Crippen molar-refractivity contribution >= 4 is 17.7 Å². The highest BCUT2D eigenvalue weighted by Crippen LogP contribution is 2.28. The summed E-state index contributed by atoms with van der Waals surface area (Å²) in [4.78, 5) is 16.3. The van der Waals surface area contributed by atoms with Crippen LogP contribution in [0.15, 0.2) is 23.4 Å². The van der Waals surface area contributed by atoms with Gasteiger partial charge in [-0.15, -0.1) is 5.10 Å². The maximum absolute atomic E-state index is 12.0. The van der Waals surface area contributed by atoms with Crippen LogP contribution in [0.1, 0.15) is 38.6 Å². The predicted octanol–water partition coefficient (Wildman–Crippen LogP) is 3.01. The number of benzene rings is 1. The van der Waals surface area contributed by atoms with Crippen molar-refractivity contribution in [3.8, 4) is 11.5 Å². The van der Waals surface area contributed by atoms with E-state index in [-0.39, 0.29) is 5.91 Å². The summed E-state index contributed by atoms with van der Waals surface area (Å²) in [6.07, 6.45) is 2.60. The molecule has 1 aromatic carbocycles. The van der Waals surface area contributed by atoms with Crippen molar-refractivity contribution in [1.29, 1.82) is 0 Å². The van der Waals surface area contributed by atoms with Crippen LogP contribution in [0.5, 0.6) is 11.5 Å².